The van der Waals surface area contributed by atoms with Gasteiger partial charge in [0, 0.05) is 10.4 Å². The number of fused-ring (bicyclic) bond motifs is 1. The molecule has 0 saturated carbocycles. The van der Waals surface area contributed by atoms with E-state index in [1.807, 2.05) is 0 Å². The summed E-state index contributed by atoms with van der Waals surface area (Å²) in [4.78, 5) is 25.4. The molecule has 2 amide bonds. The highest BCUT2D eigenvalue weighted by Crippen LogP contribution is 2.40. The van der Waals surface area contributed by atoms with Gasteiger partial charge in [0.2, 0.25) is 0 Å². The second-order valence-electron chi connectivity index (χ2n) is 6.05. The third kappa shape index (κ3) is 3.19. The fraction of sp³-hybridized carbons (Fsp3) is 0.333. The van der Waals surface area contributed by atoms with Crippen molar-refractivity contribution >= 4 is 28.2 Å². The highest BCUT2D eigenvalue weighted by Gasteiger charge is 2.28. The Kier molecular flexibility index (Phi) is 4.66. The van der Waals surface area contributed by atoms with Crippen LogP contribution in [0.3, 0.4) is 0 Å². The maximum absolute atomic E-state index is 13.3. The van der Waals surface area contributed by atoms with Gasteiger partial charge in [-0.15, -0.1) is 11.3 Å². The first kappa shape index (κ1) is 16.6. The second kappa shape index (κ2) is 6.73. The molecule has 3 N–H and O–H groups in total. The highest BCUT2D eigenvalue weighted by molar-refractivity contribution is 7.17. The Morgan fingerprint density at radius 1 is 1.42 bits per heavy atom. The topological polar surface area (TPSA) is 72.2 Å². The fourth-order valence-electron chi connectivity index (χ4n) is 3.16. The van der Waals surface area contributed by atoms with Gasteiger partial charge in [-0.3, -0.25) is 9.59 Å². The molecule has 1 aliphatic rings. The molecule has 0 unspecified atom stereocenters. The largest absolute Gasteiger partial charge is 0.365 e. The zero-order valence-electron chi connectivity index (χ0n) is 13.4. The van der Waals surface area contributed by atoms with Gasteiger partial charge in [0.05, 0.1) is 5.56 Å². The maximum atomic E-state index is 13.3. The number of nitrogens with one attached hydrogen (secondary N) is 1. The number of benzene rings is 1. The Morgan fingerprint density at radius 2 is 2.21 bits per heavy atom. The highest BCUT2D eigenvalue weighted by atomic mass is 32.1. The van der Waals surface area contributed by atoms with E-state index in [0.717, 1.165) is 36.1 Å². The van der Waals surface area contributed by atoms with Crippen LogP contribution < -0.4 is 11.1 Å². The lowest BCUT2D eigenvalue weighted by Gasteiger charge is -2.20. The van der Waals surface area contributed by atoms with E-state index >= 15 is 0 Å². The lowest BCUT2D eigenvalue weighted by atomic mass is 9.85. The summed E-state index contributed by atoms with van der Waals surface area (Å²) in [5.74, 6) is -0.850. The standard InChI is InChI=1S/C18H19FN2O2S/c1-2-10-6-7-13-14(8-10)24-18(15(13)16(20)22)21-17(23)11-4-3-5-12(19)9-11/h3-5,9-10H,2,6-8H2,1H3,(H2,20,22)(H,21,23)/t10-/m1/s1. The summed E-state index contributed by atoms with van der Waals surface area (Å²) in [6.07, 6.45) is 3.83. The van der Waals surface area contributed by atoms with E-state index in [2.05, 4.69) is 12.2 Å². The molecular weight excluding hydrogens is 327 g/mol. The molecule has 1 atom stereocenters. The number of nitrogens with two attached hydrogens (primary N) is 1. The average Bonchev–Trinajstić information content (AvgIpc) is 2.91. The number of carbonyl (C=O) groups excluding carboxylic acids is 2. The minimum atomic E-state index is -0.531. The molecule has 1 aromatic carbocycles. The number of hydrogen-bond donors (Lipinski definition) is 2. The molecule has 0 spiro atoms. The monoisotopic (exact) mass is 346 g/mol. The molecular formula is C18H19FN2O2S. The molecule has 0 bridgehead atoms. The van der Waals surface area contributed by atoms with Crippen molar-refractivity contribution in [1.82, 2.24) is 0 Å². The first-order valence-electron chi connectivity index (χ1n) is 8.00. The zero-order chi connectivity index (χ0) is 17.3. The fourth-order valence-corrected chi connectivity index (χ4v) is 4.52. The maximum Gasteiger partial charge on any atom is 0.256 e. The molecule has 0 saturated heterocycles. The lowest BCUT2D eigenvalue weighted by Crippen LogP contribution is -2.19. The van der Waals surface area contributed by atoms with E-state index in [9.17, 15) is 14.0 Å². The SMILES string of the molecule is CC[C@@H]1CCc2c(sc(NC(=O)c3cccc(F)c3)c2C(N)=O)C1. The van der Waals surface area contributed by atoms with E-state index in [1.54, 1.807) is 0 Å². The summed E-state index contributed by atoms with van der Waals surface area (Å²) in [5.41, 5.74) is 7.13. The Hall–Kier alpha value is -2.21. The Labute approximate surface area is 143 Å². The van der Waals surface area contributed by atoms with E-state index in [0.29, 0.717) is 16.5 Å². The number of hydrogen-bond acceptors (Lipinski definition) is 3. The van der Waals surface area contributed by atoms with Crippen molar-refractivity contribution in [2.45, 2.75) is 32.6 Å². The van der Waals surface area contributed by atoms with Gasteiger partial charge in [0.25, 0.3) is 11.8 Å². The number of halogens is 1. The molecule has 1 aromatic heterocycles. The molecule has 6 heteroatoms. The predicted molar refractivity (Wildman–Crippen MR) is 93.0 cm³/mol. The number of thiophene rings is 1. The van der Waals surface area contributed by atoms with Crippen molar-refractivity contribution in [3.8, 4) is 0 Å². The summed E-state index contributed by atoms with van der Waals surface area (Å²) in [6, 6.07) is 5.45. The van der Waals surface area contributed by atoms with Gasteiger partial charge in [-0.1, -0.05) is 19.4 Å². The molecule has 1 aliphatic carbocycles. The lowest BCUT2D eigenvalue weighted by molar-refractivity contribution is 0.1000. The molecule has 3 rings (SSSR count). The van der Waals surface area contributed by atoms with Crippen molar-refractivity contribution in [2.24, 2.45) is 11.7 Å². The smallest absolute Gasteiger partial charge is 0.256 e. The van der Waals surface area contributed by atoms with Gasteiger partial charge in [-0.2, -0.15) is 0 Å². The zero-order valence-corrected chi connectivity index (χ0v) is 14.2. The average molecular weight is 346 g/mol. The van der Waals surface area contributed by atoms with Crippen LogP contribution in [0.5, 0.6) is 0 Å². The van der Waals surface area contributed by atoms with E-state index in [4.69, 9.17) is 5.73 Å². The van der Waals surface area contributed by atoms with Crippen LogP contribution in [0.1, 0.15) is 50.9 Å². The minimum absolute atomic E-state index is 0.211. The summed E-state index contributed by atoms with van der Waals surface area (Å²) < 4.78 is 13.3. The third-order valence-electron chi connectivity index (χ3n) is 4.50. The van der Waals surface area contributed by atoms with Gasteiger partial charge in [-0.05, 0) is 48.9 Å². The number of rotatable bonds is 4. The normalized spacial score (nSPS) is 16.5. The summed E-state index contributed by atoms with van der Waals surface area (Å²) in [6.45, 7) is 2.16. The van der Waals surface area contributed by atoms with Crippen LogP contribution in [0.4, 0.5) is 9.39 Å². The molecule has 2 aromatic rings. The molecule has 126 valence electrons. The van der Waals surface area contributed by atoms with Crippen LogP contribution in [0.2, 0.25) is 0 Å². The number of primary amides is 1. The molecule has 1 heterocycles. The van der Waals surface area contributed by atoms with Crippen molar-refractivity contribution in [2.75, 3.05) is 5.32 Å². The minimum Gasteiger partial charge on any atom is -0.365 e. The van der Waals surface area contributed by atoms with Crippen LogP contribution in [0.15, 0.2) is 24.3 Å². The third-order valence-corrected chi connectivity index (χ3v) is 5.67. The van der Waals surface area contributed by atoms with Crippen LogP contribution in [-0.2, 0) is 12.8 Å². The summed E-state index contributed by atoms with van der Waals surface area (Å²) >= 11 is 1.41. The van der Waals surface area contributed by atoms with Gasteiger partial charge in [0.1, 0.15) is 10.8 Å². The molecule has 4 nitrogen and oxygen atoms in total. The Balaban J connectivity index is 1.92. The Morgan fingerprint density at radius 3 is 2.88 bits per heavy atom. The quantitative estimate of drug-likeness (QED) is 0.885. The van der Waals surface area contributed by atoms with Gasteiger partial charge in [0.15, 0.2) is 0 Å². The number of anilines is 1. The van der Waals surface area contributed by atoms with Crippen LogP contribution in [0, 0.1) is 11.7 Å². The van der Waals surface area contributed by atoms with Crippen molar-refractivity contribution in [1.29, 1.82) is 0 Å². The van der Waals surface area contributed by atoms with Crippen LogP contribution in [-0.4, -0.2) is 11.8 Å². The Bertz CT molecular complexity index is 800. The van der Waals surface area contributed by atoms with E-state index < -0.39 is 17.6 Å². The predicted octanol–water partition coefficient (Wildman–Crippen LogP) is 3.75. The van der Waals surface area contributed by atoms with Gasteiger partial charge < -0.3 is 11.1 Å². The van der Waals surface area contributed by atoms with Gasteiger partial charge >= 0.3 is 0 Å². The molecule has 0 aliphatic heterocycles. The van der Waals surface area contributed by atoms with Crippen molar-refractivity contribution in [3.05, 3.63) is 51.7 Å². The van der Waals surface area contributed by atoms with E-state index in [1.165, 1.54) is 35.6 Å². The second-order valence-corrected chi connectivity index (χ2v) is 7.16. The van der Waals surface area contributed by atoms with Crippen LogP contribution in [0.25, 0.3) is 0 Å². The van der Waals surface area contributed by atoms with Crippen molar-refractivity contribution in [3.63, 3.8) is 0 Å². The summed E-state index contributed by atoms with van der Waals surface area (Å²) in [5, 5.41) is 3.21. The number of amides is 2. The first-order chi connectivity index (χ1) is 11.5. The van der Waals surface area contributed by atoms with E-state index in [-0.39, 0.29) is 5.56 Å². The summed E-state index contributed by atoms with van der Waals surface area (Å²) in [7, 11) is 0. The molecule has 24 heavy (non-hydrogen) atoms. The van der Waals surface area contributed by atoms with Crippen molar-refractivity contribution < 1.29 is 14.0 Å². The first-order valence-corrected chi connectivity index (χ1v) is 8.82. The number of carbonyl (C=O) groups is 2. The molecule has 0 fully saturated rings. The van der Waals surface area contributed by atoms with Crippen LogP contribution >= 0.6 is 11.3 Å². The molecule has 0 radical (unpaired) electrons. The van der Waals surface area contributed by atoms with Gasteiger partial charge in [-0.25, -0.2) is 4.39 Å².